The molecule has 0 heterocycles. The van der Waals surface area contributed by atoms with Crippen molar-refractivity contribution >= 4 is 6.09 Å². The van der Waals surface area contributed by atoms with Gasteiger partial charge in [-0.25, -0.2) is 4.79 Å². The molecule has 20 heavy (non-hydrogen) atoms. The van der Waals surface area contributed by atoms with Gasteiger partial charge in [0.2, 0.25) is 0 Å². The molecule has 1 aliphatic carbocycles. The second-order valence-corrected chi connectivity index (χ2v) is 6.68. The zero-order valence-electron chi connectivity index (χ0n) is 13.2. The van der Waals surface area contributed by atoms with Crippen molar-refractivity contribution in [2.24, 2.45) is 0 Å². The van der Waals surface area contributed by atoms with Crippen LogP contribution in [0.1, 0.15) is 59.8 Å². The van der Waals surface area contributed by atoms with Gasteiger partial charge in [0.05, 0.1) is 0 Å². The van der Waals surface area contributed by atoms with Crippen LogP contribution in [0.2, 0.25) is 0 Å². The van der Waals surface area contributed by atoms with Crippen LogP contribution >= 0.6 is 0 Å². The quantitative estimate of drug-likeness (QED) is 0.779. The highest BCUT2D eigenvalue weighted by atomic mass is 16.6. The summed E-state index contributed by atoms with van der Waals surface area (Å²) >= 11 is 0. The zero-order valence-corrected chi connectivity index (χ0v) is 13.2. The number of amides is 1. The Hall–Kier alpha value is -1.21. The Bertz CT molecular complexity index is 354. The third kappa shape index (κ3) is 6.81. The Morgan fingerprint density at radius 1 is 1.40 bits per heavy atom. The molecule has 0 aliphatic heterocycles. The summed E-state index contributed by atoms with van der Waals surface area (Å²) in [7, 11) is 0. The van der Waals surface area contributed by atoms with Crippen molar-refractivity contribution in [3.05, 3.63) is 0 Å². The van der Waals surface area contributed by atoms with Crippen LogP contribution in [0.15, 0.2) is 0 Å². The summed E-state index contributed by atoms with van der Waals surface area (Å²) in [4.78, 5) is 11.8. The SMILES string of the molecule is C#CCC(C)NC1CCCC(NC(=O)OC(C)(C)C)C1. The van der Waals surface area contributed by atoms with E-state index in [1.807, 2.05) is 20.8 Å². The molecule has 0 aromatic carbocycles. The predicted octanol–water partition coefficient (Wildman–Crippen LogP) is 2.82. The Balaban J connectivity index is 2.37. The monoisotopic (exact) mass is 280 g/mol. The predicted molar refractivity (Wildman–Crippen MR) is 81.5 cm³/mol. The van der Waals surface area contributed by atoms with E-state index in [2.05, 4.69) is 23.5 Å². The molecule has 4 nitrogen and oxygen atoms in total. The molecule has 114 valence electrons. The summed E-state index contributed by atoms with van der Waals surface area (Å²) in [5.74, 6) is 2.67. The lowest BCUT2D eigenvalue weighted by Gasteiger charge is -2.32. The van der Waals surface area contributed by atoms with Crippen molar-refractivity contribution in [1.29, 1.82) is 0 Å². The van der Waals surface area contributed by atoms with Crippen LogP contribution in [0.4, 0.5) is 4.79 Å². The Labute approximate surface area is 123 Å². The summed E-state index contributed by atoms with van der Waals surface area (Å²) in [6, 6.07) is 0.937. The van der Waals surface area contributed by atoms with Crippen LogP contribution in [-0.4, -0.2) is 29.8 Å². The zero-order chi connectivity index (χ0) is 15.2. The van der Waals surface area contributed by atoms with Gasteiger partial charge >= 0.3 is 6.09 Å². The minimum atomic E-state index is -0.447. The Morgan fingerprint density at radius 3 is 2.65 bits per heavy atom. The molecular weight excluding hydrogens is 252 g/mol. The minimum Gasteiger partial charge on any atom is -0.444 e. The van der Waals surface area contributed by atoms with Gasteiger partial charge in [0, 0.05) is 24.5 Å². The molecule has 0 aromatic rings. The highest BCUT2D eigenvalue weighted by Gasteiger charge is 2.25. The molecule has 1 aliphatic rings. The first-order valence-electron chi connectivity index (χ1n) is 7.49. The summed E-state index contributed by atoms with van der Waals surface area (Å²) in [5, 5.41) is 6.51. The Morgan fingerprint density at radius 2 is 2.05 bits per heavy atom. The number of rotatable bonds is 4. The normalized spacial score (nSPS) is 24.6. The van der Waals surface area contributed by atoms with Crippen LogP contribution in [0.25, 0.3) is 0 Å². The van der Waals surface area contributed by atoms with Crippen molar-refractivity contribution in [1.82, 2.24) is 10.6 Å². The third-order valence-electron chi connectivity index (χ3n) is 3.34. The standard InChI is InChI=1S/C16H28N2O2/c1-6-8-12(2)17-13-9-7-10-14(11-13)18-15(19)20-16(3,4)5/h1,12-14,17H,7-11H2,2-5H3,(H,18,19). The number of carbonyl (C=O) groups is 1. The van der Waals surface area contributed by atoms with Gasteiger partial charge in [-0.2, -0.15) is 0 Å². The van der Waals surface area contributed by atoms with Crippen molar-refractivity contribution in [3.63, 3.8) is 0 Å². The molecule has 1 saturated carbocycles. The van der Waals surface area contributed by atoms with Gasteiger partial charge < -0.3 is 15.4 Å². The Kier molecular flexibility index (Phi) is 6.35. The van der Waals surface area contributed by atoms with E-state index >= 15 is 0 Å². The van der Waals surface area contributed by atoms with Crippen molar-refractivity contribution in [2.45, 2.75) is 83.5 Å². The van der Waals surface area contributed by atoms with E-state index in [1.54, 1.807) is 0 Å². The molecule has 2 N–H and O–H groups in total. The van der Waals surface area contributed by atoms with Gasteiger partial charge in [-0.05, 0) is 53.4 Å². The second-order valence-electron chi connectivity index (χ2n) is 6.68. The first kappa shape index (κ1) is 16.8. The van der Waals surface area contributed by atoms with E-state index in [4.69, 9.17) is 11.2 Å². The van der Waals surface area contributed by atoms with Crippen LogP contribution < -0.4 is 10.6 Å². The first-order valence-corrected chi connectivity index (χ1v) is 7.49. The first-order chi connectivity index (χ1) is 9.30. The van der Waals surface area contributed by atoms with E-state index in [1.165, 1.54) is 0 Å². The lowest BCUT2D eigenvalue weighted by atomic mass is 9.90. The fraction of sp³-hybridized carbons (Fsp3) is 0.812. The molecule has 3 atom stereocenters. The molecule has 4 heteroatoms. The second kappa shape index (κ2) is 7.54. The molecule has 0 spiro atoms. The largest absolute Gasteiger partial charge is 0.444 e. The maximum Gasteiger partial charge on any atom is 0.407 e. The molecule has 0 aromatic heterocycles. The molecule has 0 bridgehead atoms. The number of alkyl carbamates (subject to hydrolysis) is 1. The summed E-state index contributed by atoms with van der Waals surface area (Å²) in [6.45, 7) is 7.72. The molecule has 1 fully saturated rings. The van der Waals surface area contributed by atoms with Crippen molar-refractivity contribution in [2.75, 3.05) is 0 Å². The fourth-order valence-electron chi connectivity index (χ4n) is 2.58. The topological polar surface area (TPSA) is 50.4 Å². The van der Waals surface area contributed by atoms with Gasteiger partial charge in [0.1, 0.15) is 5.60 Å². The smallest absolute Gasteiger partial charge is 0.407 e. The van der Waals surface area contributed by atoms with Crippen LogP contribution in [-0.2, 0) is 4.74 Å². The summed E-state index contributed by atoms with van der Waals surface area (Å²) in [6.07, 6.45) is 9.95. The van der Waals surface area contributed by atoms with Crippen LogP contribution in [0.5, 0.6) is 0 Å². The van der Waals surface area contributed by atoms with E-state index in [9.17, 15) is 4.79 Å². The summed E-state index contributed by atoms with van der Waals surface area (Å²) < 4.78 is 5.30. The number of carbonyl (C=O) groups excluding carboxylic acids is 1. The third-order valence-corrected chi connectivity index (χ3v) is 3.34. The minimum absolute atomic E-state index is 0.189. The number of ether oxygens (including phenoxy) is 1. The summed E-state index contributed by atoms with van der Waals surface area (Å²) in [5.41, 5.74) is -0.447. The van der Waals surface area contributed by atoms with Crippen molar-refractivity contribution in [3.8, 4) is 12.3 Å². The maximum absolute atomic E-state index is 11.8. The van der Waals surface area contributed by atoms with Gasteiger partial charge in [-0.15, -0.1) is 12.3 Å². The number of terminal acetylenes is 1. The van der Waals surface area contributed by atoms with E-state index in [0.717, 1.165) is 32.1 Å². The molecule has 1 rings (SSSR count). The average molecular weight is 280 g/mol. The molecule has 0 radical (unpaired) electrons. The van der Waals surface area contributed by atoms with Crippen molar-refractivity contribution < 1.29 is 9.53 Å². The molecule has 3 unspecified atom stereocenters. The van der Waals surface area contributed by atoms with E-state index in [-0.39, 0.29) is 12.1 Å². The number of nitrogens with one attached hydrogen (secondary N) is 2. The van der Waals surface area contributed by atoms with E-state index in [0.29, 0.717) is 12.1 Å². The van der Waals surface area contributed by atoms with Crippen LogP contribution in [0.3, 0.4) is 0 Å². The molecule has 1 amide bonds. The number of hydrogen-bond acceptors (Lipinski definition) is 3. The fourth-order valence-corrected chi connectivity index (χ4v) is 2.58. The van der Waals surface area contributed by atoms with Gasteiger partial charge in [0.25, 0.3) is 0 Å². The lowest BCUT2D eigenvalue weighted by Crippen LogP contribution is -2.47. The van der Waals surface area contributed by atoms with Crippen LogP contribution in [0, 0.1) is 12.3 Å². The lowest BCUT2D eigenvalue weighted by molar-refractivity contribution is 0.0488. The van der Waals surface area contributed by atoms with Gasteiger partial charge in [-0.1, -0.05) is 0 Å². The number of hydrogen-bond donors (Lipinski definition) is 2. The molecular formula is C16H28N2O2. The highest BCUT2D eigenvalue weighted by molar-refractivity contribution is 5.68. The van der Waals surface area contributed by atoms with Gasteiger partial charge in [-0.3, -0.25) is 0 Å². The maximum atomic E-state index is 11.8. The average Bonchev–Trinajstić information content (AvgIpc) is 2.26. The van der Waals surface area contributed by atoms with Gasteiger partial charge in [0.15, 0.2) is 0 Å². The van der Waals surface area contributed by atoms with E-state index < -0.39 is 5.60 Å². The highest BCUT2D eigenvalue weighted by Crippen LogP contribution is 2.20. The molecule has 0 saturated heterocycles.